The van der Waals surface area contributed by atoms with E-state index in [1.54, 1.807) is 6.08 Å². The maximum atomic E-state index is 12.0. The third kappa shape index (κ3) is 0.897. The second-order valence-corrected chi connectivity index (χ2v) is 5.20. The molecule has 1 heterocycles. The maximum absolute atomic E-state index is 12.0. The van der Waals surface area contributed by atoms with Crippen molar-refractivity contribution in [1.82, 2.24) is 0 Å². The van der Waals surface area contributed by atoms with Gasteiger partial charge in [-0.05, 0) is 37.0 Å². The van der Waals surface area contributed by atoms with E-state index in [4.69, 9.17) is 4.74 Å². The summed E-state index contributed by atoms with van der Waals surface area (Å²) < 4.78 is 5.97. The number of hydrogen-bond acceptors (Lipinski definition) is 2. The first-order valence-corrected chi connectivity index (χ1v) is 6.11. The number of allylic oxidation sites excluding steroid dienone is 4. The lowest BCUT2D eigenvalue weighted by Crippen LogP contribution is -2.35. The molecule has 0 saturated carbocycles. The van der Waals surface area contributed by atoms with Crippen LogP contribution in [-0.2, 0) is 9.53 Å². The van der Waals surface area contributed by atoms with Crippen molar-refractivity contribution >= 4 is 5.78 Å². The van der Waals surface area contributed by atoms with Gasteiger partial charge in [-0.15, -0.1) is 0 Å². The zero-order valence-electron chi connectivity index (χ0n) is 9.11. The van der Waals surface area contributed by atoms with Crippen LogP contribution in [0.3, 0.4) is 0 Å². The van der Waals surface area contributed by atoms with Crippen LogP contribution in [-0.4, -0.2) is 18.0 Å². The standard InChI is InChI=1S/C14H14O2/c15-11-4-6-14(5-1-7-16-14)13-10-3-2-9(8-10)12(11)13/h2-4,6,9-10H,1,5,7-8H2/t9-,10+,14-/m1/s1. The number of ether oxygens (including phenoxy) is 1. The summed E-state index contributed by atoms with van der Waals surface area (Å²) in [7, 11) is 0. The summed E-state index contributed by atoms with van der Waals surface area (Å²) >= 11 is 0. The lowest BCUT2D eigenvalue weighted by Gasteiger charge is -2.33. The van der Waals surface area contributed by atoms with Gasteiger partial charge >= 0.3 is 0 Å². The highest BCUT2D eigenvalue weighted by molar-refractivity contribution is 6.07. The fraction of sp³-hybridized carbons (Fsp3) is 0.500. The van der Waals surface area contributed by atoms with E-state index in [0.717, 1.165) is 31.4 Å². The van der Waals surface area contributed by atoms with Gasteiger partial charge in [0.05, 0.1) is 0 Å². The number of hydrogen-bond donors (Lipinski definition) is 0. The summed E-state index contributed by atoms with van der Waals surface area (Å²) in [4.78, 5) is 12.0. The van der Waals surface area contributed by atoms with Crippen molar-refractivity contribution in [1.29, 1.82) is 0 Å². The monoisotopic (exact) mass is 214 g/mol. The van der Waals surface area contributed by atoms with Crippen LogP contribution in [0.25, 0.3) is 0 Å². The van der Waals surface area contributed by atoms with E-state index in [1.807, 2.05) is 6.08 Å². The first-order valence-electron chi connectivity index (χ1n) is 6.11. The zero-order valence-corrected chi connectivity index (χ0v) is 9.11. The minimum atomic E-state index is -0.215. The first-order chi connectivity index (χ1) is 7.80. The highest BCUT2D eigenvalue weighted by Crippen LogP contribution is 2.53. The smallest absolute Gasteiger partial charge is 0.182 e. The SMILES string of the molecule is O=C1C=C[C@]2(CCCO2)C2=C1[C@@H]1C=C[C@H]2C1. The Morgan fingerprint density at radius 1 is 1.31 bits per heavy atom. The molecular formula is C14H14O2. The van der Waals surface area contributed by atoms with Crippen molar-refractivity contribution in [3.63, 3.8) is 0 Å². The van der Waals surface area contributed by atoms with E-state index in [1.165, 1.54) is 5.57 Å². The molecule has 0 amide bonds. The first kappa shape index (κ1) is 8.94. The summed E-state index contributed by atoms with van der Waals surface area (Å²) in [6.07, 6.45) is 11.5. The Labute approximate surface area is 94.7 Å². The molecule has 2 nitrogen and oxygen atoms in total. The van der Waals surface area contributed by atoms with Gasteiger partial charge in [-0.3, -0.25) is 4.79 Å². The van der Waals surface area contributed by atoms with Gasteiger partial charge in [0.1, 0.15) is 5.60 Å². The molecule has 1 aliphatic heterocycles. The van der Waals surface area contributed by atoms with E-state index in [-0.39, 0.29) is 11.4 Å². The average molecular weight is 214 g/mol. The third-order valence-electron chi connectivity index (χ3n) is 4.39. The molecule has 2 bridgehead atoms. The van der Waals surface area contributed by atoms with Crippen LogP contribution in [0.5, 0.6) is 0 Å². The predicted octanol–water partition coefficient (Wildman–Crippen LogP) is 2.18. The molecular weight excluding hydrogens is 200 g/mol. The van der Waals surface area contributed by atoms with Crippen molar-refractivity contribution in [2.24, 2.45) is 11.8 Å². The average Bonchev–Trinajstić information content (AvgIpc) is 2.99. The van der Waals surface area contributed by atoms with Crippen LogP contribution in [0.2, 0.25) is 0 Å². The van der Waals surface area contributed by atoms with Gasteiger partial charge in [-0.2, -0.15) is 0 Å². The molecule has 0 N–H and O–H groups in total. The van der Waals surface area contributed by atoms with Crippen molar-refractivity contribution in [3.8, 4) is 0 Å². The van der Waals surface area contributed by atoms with Crippen LogP contribution >= 0.6 is 0 Å². The molecule has 0 radical (unpaired) electrons. The molecule has 4 aliphatic rings. The summed E-state index contributed by atoms with van der Waals surface area (Å²) in [5.74, 6) is 1.05. The molecule has 0 unspecified atom stereocenters. The summed E-state index contributed by atoms with van der Waals surface area (Å²) in [5.41, 5.74) is 2.13. The van der Waals surface area contributed by atoms with Gasteiger partial charge in [0.25, 0.3) is 0 Å². The van der Waals surface area contributed by atoms with Crippen LogP contribution in [0, 0.1) is 11.8 Å². The minimum absolute atomic E-state index is 0.215. The van der Waals surface area contributed by atoms with Crippen molar-refractivity contribution in [2.45, 2.75) is 24.9 Å². The minimum Gasteiger partial charge on any atom is -0.366 e. The van der Waals surface area contributed by atoms with E-state index >= 15 is 0 Å². The molecule has 4 rings (SSSR count). The molecule has 0 aromatic heterocycles. The normalized spacial score (nSPS) is 43.9. The Hall–Kier alpha value is -1.15. The van der Waals surface area contributed by atoms with Gasteiger partial charge in [0.2, 0.25) is 0 Å². The molecule has 1 saturated heterocycles. The number of rotatable bonds is 0. The molecule has 82 valence electrons. The van der Waals surface area contributed by atoms with Crippen LogP contribution in [0.15, 0.2) is 35.5 Å². The van der Waals surface area contributed by atoms with Gasteiger partial charge in [-0.1, -0.05) is 12.2 Å². The molecule has 3 aliphatic carbocycles. The molecule has 0 aromatic carbocycles. The molecule has 1 spiro atoms. The highest BCUT2D eigenvalue weighted by Gasteiger charge is 2.50. The maximum Gasteiger partial charge on any atom is 0.182 e. The number of carbonyl (C=O) groups is 1. The van der Waals surface area contributed by atoms with E-state index in [2.05, 4.69) is 12.2 Å². The second-order valence-electron chi connectivity index (χ2n) is 5.20. The Balaban J connectivity index is 1.90. The Morgan fingerprint density at radius 2 is 2.19 bits per heavy atom. The zero-order chi connectivity index (χ0) is 10.8. The van der Waals surface area contributed by atoms with Gasteiger partial charge < -0.3 is 4.74 Å². The molecule has 3 atom stereocenters. The third-order valence-corrected chi connectivity index (χ3v) is 4.39. The number of carbonyl (C=O) groups excluding carboxylic acids is 1. The fourth-order valence-electron chi connectivity index (χ4n) is 3.78. The van der Waals surface area contributed by atoms with E-state index < -0.39 is 0 Å². The summed E-state index contributed by atoms with van der Waals surface area (Å²) in [6.45, 7) is 0.830. The van der Waals surface area contributed by atoms with Crippen LogP contribution < -0.4 is 0 Å². The second kappa shape index (κ2) is 2.75. The Morgan fingerprint density at radius 3 is 3.00 bits per heavy atom. The summed E-state index contributed by atoms with van der Waals surface area (Å²) in [5, 5.41) is 0. The number of ketones is 1. The lowest BCUT2D eigenvalue weighted by atomic mass is 9.77. The Bertz CT molecular complexity index is 461. The van der Waals surface area contributed by atoms with Gasteiger partial charge in [0.15, 0.2) is 5.78 Å². The van der Waals surface area contributed by atoms with Gasteiger partial charge in [0, 0.05) is 24.0 Å². The quantitative estimate of drug-likeness (QED) is 0.578. The van der Waals surface area contributed by atoms with Gasteiger partial charge in [-0.25, -0.2) is 0 Å². The van der Waals surface area contributed by atoms with E-state index in [9.17, 15) is 4.79 Å². The van der Waals surface area contributed by atoms with Crippen LogP contribution in [0.4, 0.5) is 0 Å². The fourth-order valence-corrected chi connectivity index (χ4v) is 3.78. The number of fused-ring (bicyclic) bond motifs is 5. The molecule has 2 heteroatoms. The summed E-state index contributed by atoms with van der Waals surface area (Å²) in [6, 6.07) is 0. The lowest BCUT2D eigenvalue weighted by molar-refractivity contribution is -0.112. The van der Waals surface area contributed by atoms with Crippen LogP contribution in [0.1, 0.15) is 19.3 Å². The highest BCUT2D eigenvalue weighted by atomic mass is 16.5. The molecule has 16 heavy (non-hydrogen) atoms. The van der Waals surface area contributed by atoms with Crippen molar-refractivity contribution in [3.05, 3.63) is 35.5 Å². The predicted molar refractivity (Wildman–Crippen MR) is 59.8 cm³/mol. The van der Waals surface area contributed by atoms with Crippen molar-refractivity contribution in [2.75, 3.05) is 6.61 Å². The Kier molecular flexibility index (Phi) is 1.54. The van der Waals surface area contributed by atoms with Crippen molar-refractivity contribution < 1.29 is 9.53 Å². The largest absolute Gasteiger partial charge is 0.366 e. The van der Waals surface area contributed by atoms with E-state index in [0.29, 0.717) is 11.8 Å². The molecule has 0 aromatic rings. The topological polar surface area (TPSA) is 26.3 Å². The molecule has 1 fully saturated rings.